The van der Waals surface area contributed by atoms with Crippen LogP contribution >= 0.6 is 0 Å². The molecule has 5 nitrogen and oxygen atoms in total. The molecule has 2 unspecified atom stereocenters. The maximum atomic E-state index is 12.7. The maximum absolute atomic E-state index is 12.7. The Morgan fingerprint density at radius 3 is 2.55 bits per heavy atom. The van der Waals surface area contributed by atoms with E-state index in [1.807, 2.05) is 25.1 Å². The van der Waals surface area contributed by atoms with Crippen molar-refractivity contribution < 1.29 is 9.53 Å². The molecule has 0 fully saturated rings. The highest BCUT2D eigenvalue weighted by molar-refractivity contribution is 6.30. The summed E-state index contributed by atoms with van der Waals surface area (Å²) in [6.07, 6.45) is 3.61. The highest BCUT2D eigenvalue weighted by Gasteiger charge is 2.59. The number of fused-ring (bicyclic) bond motifs is 1. The minimum Gasteiger partial charge on any atom is -0.456 e. The smallest absolute Gasteiger partial charge is 0.235 e. The third kappa shape index (κ3) is 1.20. The summed E-state index contributed by atoms with van der Waals surface area (Å²) in [5.74, 6) is -0.393. The molecule has 3 heterocycles. The second-order valence-electron chi connectivity index (χ2n) is 5.38. The number of Topliss-reactive ketones (excluding diaryl/α,β-unsaturated/α-hetero) is 1. The van der Waals surface area contributed by atoms with Gasteiger partial charge in [0, 0.05) is 0 Å². The number of ether oxygens (including phenoxy) is 1. The number of carbonyl (C=O) groups is 1. The number of nitriles is 2. The van der Waals surface area contributed by atoms with Gasteiger partial charge >= 0.3 is 0 Å². The number of hydrogen-bond acceptors (Lipinski definition) is 5. The first kappa shape index (κ1) is 12.4. The van der Waals surface area contributed by atoms with E-state index in [0.717, 1.165) is 0 Å². The zero-order valence-corrected chi connectivity index (χ0v) is 11.3. The molecule has 3 aliphatic heterocycles. The molecule has 4 aliphatic rings. The Morgan fingerprint density at radius 2 is 1.95 bits per heavy atom. The van der Waals surface area contributed by atoms with Crippen LogP contribution in [0.15, 0.2) is 39.6 Å². The molecule has 0 radical (unpaired) electrons. The summed E-state index contributed by atoms with van der Waals surface area (Å²) in [5.41, 5.74) is -0.598. The summed E-state index contributed by atoms with van der Waals surface area (Å²) in [5, 5.41) is 18.4. The van der Waals surface area contributed by atoms with Crippen LogP contribution in [0.1, 0.15) is 20.8 Å². The number of aliphatic imine (C=N–C) groups is 1. The lowest BCUT2D eigenvalue weighted by atomic mass is 9.79. The molecule has 0 saturated heterocycles. The van der Waals surface area contributed by atoms with Gasteiger partial charge in [-0.2, -0.15) is 10.5 Å². The van der Waals surface area contributed by atoms with E-state index in [1.54, 1.807) is 19.9 Å². The number of dihydropyridines is 1. The quantitative estimate of drug-likeness (QED) is 0.624. The summed E-state index contributed by atoms with van der Waals surface area (Å²) >= 11 is 0. The molecule has 1 aliphatic carbocycles. The molecule has 2 atom stereocenters. The lowest BCUT2D eigenvalue weighted by Gasteiger charge is -2.33. The van der Waals surface area contributed by atoms with Gasteiger partial charge in [-0.05, 0) is 44.1 Å². The monoisotopic (exact) mass is 265 g/mol. The second kappa shape index (κ2) is 3.46. The van der Waals surface area contributed by atoms with Crippen molar-refractivity contribution in [1.29, 1.82) is 10.5 Å². The Morgan fingerprint density at radius 1 is 1.25 bits per heavy atom. The van der Waals surface area contributed by atoms with Gasteiger partial charge < -0.3 is 4.74 Å². The fourth-order valence-electron chi connectivity index (χ4n) is 3.12. The van der Waals surface area contributed by atoms with Gasteiger partial charge in [0.05, 0.1) is 5.54 Å². The lowest BCUT2D eigenvalue weighted by Crippen LogP contribution is -2.49. The maximum Gasteiger partial charge on any atom is 0.235 e. The average Bonchev–Trinajstić information content (AvgIpc) is 2.65. The first-order chi connectivity index (χ1) is 9.38. The highest BCUT2D eigenvalue weighted by Crippen LogP contribution is 2.46. The van der Waals surface area contributed by atoms with Crippen molar-refractivity contribution in [2.24, 2.45) is 4.99 Å². The first-order valence-corrected chi connectivity index (χ1v) is 6.16. The summed E-state index contributed by atoms with van der Waals surface area (Å²) in [6.45, 7) is 5.33. The molecule has 0 saturated carbocycles. The molecular formula is C15H11N3O2. The molecule has 5 heteroatoms. The number of allylic oxidation sites excluding steroid dienone is 1. The third-order valence-electron chi connectivity index (χ3n) is 3.87. The normalized spacial score (nSPS) is 34.2. The predicted molar refractivity (Wildman–Crippen MR) is 70.4 cm³/mol. The number of nitrogens with zero attached hydrogens (tertiary/aromatic N) is 3. The van der Waals surface area contributed by atoms with Gasteiger partial charge in [-0.1, -0.05) is 0 Å². The molecule has 98 valence electrons. The van der Waals surface area contributed by atoms with E-state index in [2.05, 4.69) is 4.99 Å². The fraction of sp³-hybridized carbons (Fsp3) is 0.333. The van der Waals surface area contributed by atoms with Crippen LogP contribution < -0.4 is 0 Å². The SMILES string of the molecule is CC1=CC2(C)C=C(C)C3(OC(C#N)=C(C#N)C3=N2)C1=O. The Balaban J connectivity index is 2.38. The van der Waals surface area contributed by atoms with Crippen molar-refractivity contribution in [3.8, 4) is 12.1 Å². The fourth-order valence-corrected chi connectivity index (χ4v) is 3.12. The van der Waals surface area contributed by atoms with Crippen molar-refractivity contribution in [3.63, 3.8) is 0 Å². The van der Waals surface area contributed by atoms with Crippen LogP contribution in [0.2, 0.25) is 0 Å². The van der Waals surface area contributed by atoms with Crippen molar-refractivity contribution in [3.05, 3.63) is 34.6 Å². The van der Waals surface area contributed by atoms with Crippen molar-refractivity contribution >= 4 is 11.5 Å². The summed E-state index contributed by atoms with van der Waals surface area (Å²) in [4.78, 5) is 17.2. The largest absolute Gasteiger partial charge is 0.456 e. The Labute approximate surface area is 116 Å². The average molecular weight is 265 g/mol. The lowest BCUT2D eigenvalue weighted by molar-refractivity contribution is -0.125. The molecular weight excluding hydrogens is 254 g/mol. The second-order valence-corrected chi connectivity index (χ2v) is 5.38. The third-order valence-corrected chi connectivity index (χ3v) is 3.87. The van der Waals surface area contributed by atoms with Crippen LogP contribution in [0.25, 0.3) is 0 Å². The standard InChI is InChI=1S/C15H11N3O2/c1-8-4-14(3)5-9(2)15(13(8)19)12(18-14)10(6-16)11(7-17)20-15/h4-5H,1-3H3. The topological polar surface area (TPSA) is 86.2 Å². The van der Waals surface area contributed by atoms with Gasteiger partial charge in [0.25, 0.3) is 0 Å². The minimum absolute atomic E-state index is 0.0580. The predicted octanol–water partition coefficient (Wildman–Crippen LogP) is 1.75. The van der Waals surface area contributed by atoms with Gasteiger partial charge in [0.2, 0.25) is 17.1 Å². The first-order valence-electron chi connectivity index (χ1n) is 6.16. The molecule has 0 N–H and O–H groups in total. The number of rotatable bonds is 0. The molecule has 2 bridgehead atoms. The number of hydrogen-bond donors (Lipinski definition) is 0. The zero-order chi connectivity index (χ0) is 14.7. The number of ketones is 1. The van der Waals surface area contributed by atoms with E-state index in [9.17, 15) is 10.1 Å². The van der Waals surface area contributed by atoms with E-state index in [-0.39, 0.29) is 22.8 Å². The molecule has 0 amide bonds. The Bertz CT molecular complexity index is 770. The molecule has 1 spiro atoms. The van der Waals surface area contributed by atoms with E-state index in [4.69, 9.17) is 10.00 Å². The molecule has 0 aromatic heterocycles. The van der Waals surface area contributed by atoms with E-state index in [1.165, 1.54) is 0 Å². The summed E-state index contributed by atoms with van der Waals surface area (Å²) in [7, 11) is 0. The molecule has 0 aromatic carbocycles. The van der Waals surface area contributed by atoms with Gasteiger partial charge in [0.15, 0.2) is 0 Å². The van der Waals surface area contributed by atoms with Crippen LogP contribution in [0, 0.1) is 22.7 Å². The van der Waals surface area contributed by atoms with Crippen LogP contribution in [-0.2, 0) is 9.53 Å². The highest BCUT2D eigenvalue weighted by atomic mass is 16.5. The van der Waals surface area contributed by atoms with E-state index in [0.29, 0.717) is 11.1 Å². The van der Waals surface area contributed by atoms with Gasteiger partial charge in [-0.25, -0.2) is 0 Å². The van der Waals surface area contributed by atoms with Gasteiger partial charge in [-0.15, -0.1) is 0 Å². The minimum atomic E-state index is -1.42. The summed E-state index contributed by atoms with van der Waals surface area (Å²) < 4.78 is 5.62. The summed E-state index contributed by atoms with van der Waals surface area (Å²) in [6, 6.07) is 3.79. The van der Waals surface area contributed by atoms with Crippen LogP contribution in [0.4, 0.5) is 0 Å². The van der Waals surface area contributed by atoms with Crippen LogP contribution in [-0.4, -0.2) is 22.6 Å². The zero-order valence-electron chi connectivity index (χ0n) is 11.3. The van der Waals surface area contributed by atoms with Gasteiger partial charge in [-0.3, -0.25) is 9.79 Å². The van der Waals surface area contributed by atoms with E-state index >= 15 is 0 Å². The van der Waals surface area contributed by atoms with E-state index < -0.39 is 11.1 Å². The van der Waals surface area contributed by atoms with Crippen LogP contribution in [0.5, 0.6) is 0 Å². The Hall–Kier alpha value is -2.66. The van der Waals surface area contributed by atoms with Gasteiger partial charge in [0.1, 0.15) is 23.4 Å². The van der Waals surface area contributed by atoms with Crippen molar-refractivity contribution in [2.75, 3.05) is 0 Å². The van der Waals surface area contributed by atoms with Crippen molar-refractivity contribution in [1.82, 2.24) is 0 Å². The molecule has 0 aromatic rings. The van der Waals surface area contributed by atoms with Crippen molar-refractivity contribution in [2.45, 2.75) is 31.9 Å². The molecule has 20 heavy (non-hydrogen) atoms. The number of carbonyl (C=O) groups excluding carboxylic acids is 1. The Kier molecular flexibility index (Phi) is 2.14. The molecule has 4 rings (SSSR count). The van der Waals surface area contributed by atoms with Crippen LogP contribution in [0.3, 0.4) is 0 Å².